The maximum Gasteiger partial charge on any atom is 0.252 e. The van der Waals surface area contributed by atoms with E-state index in [0.717, 1.165) is 26.1 Å². The molecule has 0 spiro atoms. The minimum Gasteiger partial charge on any atom is -0.381 e. The number of halogens is 2. The van der Waals surface area contributed by atoms with Crippen LogP contribution >= 0.6 is 23.2 Å². The molecule has 0 bridgehead atoms. The van der Waals surface area contributed by atoms with Crippen LogP contribution in [-0.4, -0.2) is 30.6 Å². The number of rotatable bonds is 3. The Bertz CT molecular complexity index is 474. The first-order valence-electron chi connectivity index (χ1n) is 6.17. The van der Waals surface area contributed by atoms with Crippen LogP contribution in [0.2, 0.25) is 10.2 Å². The standard InChI is InChI=1S/C13H16Cl2N2O2/c1-13(2-4-19-5-3-13)8-17-12(18)9-6-11(15)16-7-10(9)14/h6-7H,2-5,8H2,1H3,(H,17,18). The molecule has 6 heteroatoms. The van der Waals surface area contributed by atoms with E-state index in [1.165, 1.54) is 12.3 Å². The molecule has 4 nitrogen and oxygen atoms in total. The average molecular weight is 303 g/mol. The van der Waals surface area contributed by atoms with Gasteiger partial charge in [-0.1, -0.05) is 30.1 Å². The van der Waals surface area contributed by atoms with Gasteiger partial charge in [0.05, 0.1) is 10.6 Å². The van der Waals surface area contributed by atoms with E-state index in [1.807, 2.05) is 0 Å². The Hall–Kier alpha value is -0.840. The maximum absolute atomic E-state index is 12.1. The molecule has 1 aliphatic heterocycles. The number of hydrogen-bond acceptors (Lipinski definition) is 3. The Morgan fingerprint density at radius 3 is 2.84 bits per heavy atom. The van der Waals surface area contributed by atoms with Gasteiger partial charge in [-0.25, -0.2) is 4.98 Å². The highest BCUT2D eigenvalue weighted by Crippen LogP contribution is 2.29. The van der Waals surface area contributed by atoms with E-state index in [-0.39, 0.29) is 16.5 Å². The molecule has 0 aliphatic carbocycles. The Kier molecular flexibility index (Phi) is 4.66. The first-order valence-corrected chi connectivity index (χ1v) is 6.93. The third kappa shape index (κ3) is 3.81. The van der Waals surface area contributed by atoms with Gasteiger partial charge in [-0.15, -0.1) is 0 Å². The Morgan fingerprint density at radius 1 is 1.47 bits per heavy atom. The normalized spacial score (nSPS) is 18.1. The van der Waals surface area contributed by atoms with Crippen LogP contribution in [0.15, 0.2) is 12.3 Å². The lowest BCUT2D eigenvalue weighted by Crippen LogP contribution is -2.39. The topological polar surface area (TPSA) is 51.2 Å². The molecule has 19 heavy (non-hydrogen) atoms. The minimum absolute atomic E-state index is 0.0806. The van der Waals surface area contributed by atoms with Crippen LogP contribution in [0, 0.1) is 5.41 Å². The van der Waals surface area contributed by atoms with Crippen molar-refractivity contribution < 1.29 is 9.53 Å². The van der Waals surface area contributed by atoms with Gasteiger partial charge in [-0.05, 0) is 24.3 Å². The van der Waals surface area contributed by atoms with Crippen molar-refractivity contribution in [3.05, 3.63) is 28.0 Å². The maximum atomic E-state index is 12.1. The molecule has 0 atom stereocenters. The zero-order chi connectivity index (χ0) is 13.9. The molecule has 104 valence electrons. The number of pyridine rings is 1. The second kappa shape index (κ2) is 6.07. The van der Waals surface area contributed by atoms with Crippen LogP contribution in [0.4, 0.5) is 0 Å². The van der Waals surface area contributed by atoms with Crippen molar-refractivity contribution in [3.8, 4) is 0 Å². The van der Waals surface area contributed by atoms with Crippen molar-refractivity contribution >= 4 is 29.1 Å². The predicted octanol–water partition coefficient (Wildman–Crippen LogP) is 2.93. The van der Waals surface area contributed by atoms with Crippen molar-refractivity contribution in [1.82, 2.24) is 10.3 Å². The van der Waals surface area contributed by atoms with E-state index in [9.17, 15) is 4.79 Å². The van der Waals surface area contributed by atoms with E-state index in [4.69, 9.17) is 27.9 Å². The van der Waals surface area contributed by atoms with Gasteiger partial charge in [0.15, 0.2) is 0 Å². The fraction of sp³-hybridized carbons (Fsp3) is 0.538. The summed E-state index contributed by atoms with van der Waals surface area (Å²) in [5, 5.41) is 3.47. The summed E-state index contributed by atoms with van der Waals surface area (Å²) in [6, 6.07) is 1.48. The zero-order valence-corrected chi connectivity index (χ0v) is 12.2. The molecule has 0 radical (unpaired) electrons. The SMILES string of the molecule is CC1(CNC(=O)c2cc(Cl)ncc2Cl)CCOCC1. The molecular weight excluding hydrogens is 287 g/mol. The molecule has 0 unspecified atom stereocenters. The third-order valence-corrected chi connectivity index (χ3v) is 3.95. The molecule has 1 aromatic heterocycles. The fourth-order valence-corrected chi connectivity index (χ4v) is 2.36. The number of carbonyl (C=O) groups is 1. The average Bonchev–Trinajstić information content (AvgIpc) is 2.40. The number of nitrogens with zero attached hydrogens (tertiary/aromatic N) is 1. The van der Waals surface area contributed by atoms with Crippen LogP contribution in [0.25, 0.3) is 0 Å². The van der Waals surface area contributed by atoms with Gasteiger partial charge in [0.25, 0.3) is 5.91 Å². The Morgan fingerprint density at radius 2 is 2.16 bits per heavy atom. The number of aromatic nitrogens is 1. The molecule has 0 aromatic carbocycles. The van der Waals surface area contributed by atoms with E-state index >= 15 is 0 Å². The van der Waals surface area contributed by atoms with Gasteiger partial charge in [0.1, 0.15) is 5.15 Å². The summed E-state index contributed by atoms with van der Waals surface area (Å²) in [6.07, 6.45) is 3.27. The van der Waals surface area contributed by atoms with Crippen LogP contribution in [0.5, 0.6) is 0 Å². The molecule has 1 N–H and O–H groups in total. The largest absolute Gasteiger partial charge is 0.381 e. The van der Waals surface area contributed by atoms with Crippen molar-refractivity contribution in [2.24, 2.45) is 5.41 Å². The molecule has 1 saturated heterocycles. The molecule has 2 rings (SSSR count). The van der Waals surface area contributed by atoms with Gasteiger partial charge >= 0.3 is 0 Å². The minimum atomic E-state index is -0.220. The number of amides is 1. The summed E-state index contributed by atoms with van der Waals surface area (Å²) in [4.78, 5) is 15.9. The molecule has 0 saturated carbocycles. The summed E-state index contributed by atoms with van der Waals surface area (Å²) in [5.74, 6) is -0.220. The molecule has 2 heterocycles. The smallest absolute Gasteiger partial charge is 0.252 e. The molecule has 1 amide bonds. The first kappa shape index (κ1) is 14.6. The zero-order valence-electron chi connectivity index (χ0n) is 10.7. The van der Waals surface area contributed by atoms with Crippen LogP contribution < -0.4 is 5.32 Å². The Labute approximate surface area is 122 Å². The monoisotopic (exact) mass is 302 g/mol. The molecule has 1 aliphatic rings. The van der Waals surface area contributed by atoms with Crippen molar-refractivity contribution in [2.45, 2.75) is 19.8 Å². The molecular formula is C13H16Cl2N2O2. The van der Waals surface area contributed by atoms with E-state index < -0.39 is 0 Å². The summed E-state index contributed by atoms with van der Waals surface area (Å²) in [7, 11) is 0. The van der Waals surface area contributed by atoms with E-state index in [2.05, 4.69) is 17.2 Å². The summed E-state index contributed by atoms with van der Waals surface area (Å²) < 4.78 is 5.33. The van der Waals surface area contributed by atoms with Gasteiger partial charge in [0.2, 0.25) is 0 Å². The fourth-order valence-electron chi connectivity index (χ4n) is 2.02. The second-order valence-electron chi connectivity index (χ2n) is 5.09. The highest BCUT2D eigenvalue weighted by molar-refractivity contribution is 6.35. The van der Waals surface area contributed by atoms with Crippen molar-refractivity contribution in [1.29, 1.82) is 0 Å². The van der Waals surface area contributed by atoms with Crippen LogP contribution in [0.3, 0.4) is 0 Å². The quantitative estimate of drug-likeness (QED) is 0.874. The van der Waals surface area contributed by atoms with E-state index in [1.54, 1.807) is 0 Å². The van der Waals surface area contributed by atoms with Crippen molar-refractivity contribution in [2.75, 3.05) is 19.8 Å². The first-order chi connectivity index (χ1) is 9.00. The number of nitrogens with one attached hydrogen (secondary N) is 1. The van der Waals surface area contributed by atoms with Gasteiger partial charge < -0.3 is 10.1 Å². The summed E-state index contributed by atoms with van der Waals surface area (Å²) in [5.41, 5.74) is 0.439. The number of ether oxygens (including phenoxy) is 1. The van der Waals surface area contributed by atoms with Gasteiger partial charge in [-0.2, -0.15) is 0 Å². The molecule has 1 aromatic rings. The van der Waals surface area contributed by atoms with Gasteiger partial charge in [0, 0.05) is 26.0 Å². The molecule has 1 fully saturated rings. The van der Waals surface area contributed by atoms with Gasteiger partial charge in [-0.3, -0.25) is 4.79 Å². The van der Waals surface area contributed by atoms with E-state index in [0.29, 0.717) is 17.1 Å². The lowest BCUT2D eigenvalue weighted by molar-refractivity contribution is 0.0238. The lowest BCUT2D eigenvalue weighted by Gasteiger charge is -2.33. The van der Waals surface area contributed by atoms with Crippen LogP contribution in [-0.2, 0) is 4.74 Å². The lowest BCUT2D eigenvalue weighted by atomic mass is 9.82. The third-order valence-electron chi connectivity index (χ3n) is 3.44. The predicted molar refractivity (Wildman–Crippen MR) is 74.8 cm³/mol. The van der Waals surface area contributed by atoms with Crippen molar-refractivity contribution in [3.63, 3.8) is 0 Å². The highest BCUT2D eigenvalue weighted by atomic mass is 35.5. The summed E-state index contributed by atoms with van der Waals surface area (Å²) >= 11 is 11.7. The second-order valence-corrected chi connectivity index (χ2v) is 5.89. The van der Waals surface area contributed by atoms with Crippen LogP contribution in [0.1, 0.15) is 30.1 Å². The number of hydrogen-bond donors (Lipinski definition) is 1. The number of carbonyl (C=O) groups excluding carboxylic acids is 1. The summed E-state index contributed by atoms with van der Waals surface area (Å²) in [6.45, 7) is 4.24. The highest BCUT2D eigenvalue weighted by Gasteiger charge is 2.28. The Balaban J connectivity index is 1.99.